The first-order valence-corrected chi connectivity index (χ1v) is 8.99. The molecule has 0 unspecified atom stereocenters. The number of benzene rings is 1. The van der Waals surface area contributed by atoms with Gasteiger partial charge in [-0.3, -0.25) is 9.89 Å². The summed E-state index contributed by atoms with van der Waals surface area (Å²) in [6.07, 6.45) is 4.88. The molecule has 1 aromatic carbocycles. The summed E-state index contributed by atoms with van der Waals surface area (Å²) < 4.78 is 0. The minimum Gasteiger partial charge on any atom is -0.341 e. The molecule has 1 aliphatic carbocycles. The van der Waals surface area contributed by atoms with Gasteiger partial charge < -0.3 is 4.90 Å². The number of H-pyrrole nitrogens is 1. The molecule has 5 nitrogen and oxygen atoms in total. The quantitative estimate of drug-likeness (QED) is 0.940. The highest BCUT2D eigenvalue weighted by Crippen LogP contribution is 2.50. The number of nitrogens with one attached hydrogen (secondary N) is 1. The normalized spacial score (nSPS) is 22.4. The van der Waals surface area contributed by atoms with Gasteiger partial charge in [-0.15, -0.1) is 0 Å². The van der Waals surface area contributed by atoms with Crippen LogP contribution >= 0.6 is 0 Å². The Labute approximate surface area is 142 Å². The number of carbonyl (C=O) groups excluding carboxylic acids is 1. The Morgan fingerprint density at radius 1 is 1.33 bits per heavy atom. The summed E-state index contributed by atoms with van der Waals surface area (Å²) in [4.78, 5) is 19.8. The fourth-order valence-corrected chi connectivity index (χ4v) is 3.83. The number of likely N-dealkylation sites (tertiary alicyclic amines) is 1. The molecule has 5 heteroatoms. The van der Waals surface area contributed by atoms with Gasteiger partial charge in [-0.25, -0.2) is 4.98 Å². The second-order valence-corrected chi connectivity index (χ2v) is 7.03. The standard InChI is InChI=1S/C19H24N4O/c1-2-16-20-17(22-21-16)14-7-6-12-23(13-14)18(24)19(10-11-19)15-8-4-3-5-9-15/h3-5,8-9,14H,2,6-7,10-13H2,1H3,(H,20,21,22)/t14-/m0/s1. The van der Waals surface area contributed by atoms with Gasteiger partial charge in [0.05, 0.1) is 5.41 Å². The topological polar surface area (TPSA) is 61.9 Å². The Hall–Kier alpha value is -2.17. The third-order valence-corrected chi connectivity index (χ3v) is 5.44. The van der Waals surface area contributed by atoms with Gasteiger partial charge in [0.1, 0.15) is 5.82 Å². The summed E-state index contributed by atoms with van der Waals surface area (Å²) >= 11 is 0. The summed E-state index contributed by atoms with van der Waals surface area (Å²) in [5, 5.41) is 7.37. The second kappa shape index (κ2) is 6.04. The zero-order valence-corrected chi connectivity index (χ0v) is 14.2. The van der Waals surface area contributed by atoms with Crippen LogP contribution in [-0.4, -0.2) is 39.1 Å². The van der Waals surface area contributed by atoms with E-state index >= 15 is 0 Å². The number of hydrogen-bond donors (Lipinski definition) is 1. The van der Waals surface area contributed by atoms with Gasteiger partial charge in [0.2, 0.25) is 5.91 Å². The lowest BCUT2D eigenvalue weighted by atomic mass is 9.91. The lowest BCUT2D eigenvalue weighted by molar-refractivity contribution is -0.135. The number of carbonyl (C=O) groups is 1. The van der Waals surface area contributed by atoms with E-state index in [1.165, 1.54) is 5.56 Å². The Kier molecular flexibility index (Phi) is 3.87. The molecule has 1 aromatic heterocycles. The third kappa shape index (κ3) is 2.62. The summed E-state index contributed by atoms with van der Waals surface area (Å²) in [5.74, 6) is 2.35. The minimum absolute atomic E-state index is 0.255. The fourth-order valence-electron chi connectivity index (χ4n) is 3.83. The van der Waals surface area contributed by atoms with Crippen molar-refractivity contribution in [1.29, 1.82) is 0 Å². The zero-order chi connectivity index (χ0) is 16.6. The van der Waals surface area contributed by atoms with Gasteiger partial charge in [0, 0.05) is 25.4 Å². The van der Waals surface area contributed by atoms with Crippen LogP contribution in [0.5, 0.6) is 0 Å². The summed E-state index contributed by atoms with van der Waals surface area (Å²) in [7, 11) is 0. The smallest absolute Gasteiger partial charge is 0.233 e. The van der Waals surface area contributed by atoms with E-state index in [1.54, 1.807) is 0 Å². The van der Waals surface area contributed by atoms with Gasteiger partial charge in [0.25, 0.3) is 0 Å². The van der Waals surface area contributed by atoms with E-state index in [1.807, 2.05) is 18.2 Å². The molecular formula is C19H24N4O. The molecule has 4 rings (SSSR count). The number of hydrogen-bond acceptors (Lipinski definition) is 3. The number of aryl methyl sites for hydroxylation is 1. The number of amides is 1. The maximum atomic E-state index is 13.2. The highest BCUT2D eigenvalue weighted by Gasteiger charge is 2.53. The van der Waals surface area contributed by atoms with Gasteiger partial charge in [0.15, 0.2) is 5.82 Å². The molecule has 1 saturated carbocycles. The largest absolute Gasteiger partial charge is 0.341 e. The van der Waals surface area contributed by atoms with Crippen molar-refractivity contribution in [2.24, 2.45) is 0 Å². The first-order chi connectivity index (χ1) is 11.7. The molecule has 2 heterocycles. The van der Waals surface area contributed by atoms with E-state index in [4.69, 9.17) is 0 Å². The first-order valence-electron chi connectivity index (χ1n) is 8.99. The van der Waals surface area contributed by atoms with Crippen LogP contribution in [0, 0.1) is 0 Å². The van der Waals surface area contributed by atoms with Gasteiger partial charge in [-0.1, -0.05) is 37.3 Å². The number of piperidine rings is 1. The van der Waals surface area contributed by atoms with Gasteiger partial charge in [-0.05, 0) is 31.2 Å². The van der Waals surface area contributed by atoms with Crippen molar-refractivity contribution in [2.45, 2.75) is 50.4 Å². The fraction of sp³-hybridized carbons (Fsp3) is 0.526. The number of aromatic amines is 1. The van der Waals surface area contributed by atoms with E-state index < -0.39 is 0 Å². The average molecular weight is 324 g/mol. The highest BCUT2D eigenvalue weighted by atomic mass is 16.2. The maximum absolute atomic E-state index is 13.2. The summed E-state index contributed by atoms with van der Waals surface area (Å²) in [5.41, 5.74) is 0.903. The average Bonchev–Trinajstić information content (AvgIpc) is 3.32. The van der Waals surface area contributed by atoms with Crippen LogP contribution in [0.4, 0.5) is 0 Å². The first kappa shape index (κ1) is 15.4. The lowest BCUT2D eigenvalue weighted by Gasteiger charge is -2.34. The lowest BCUT2D eigenvalue weighted by Crippen LogP contribution is -2.44. The molecule has 2 aromatic rings. The minimum atomic E-state index is -0.267. The van der Waals surface area contributed by atoms with Crippen molar-refractivity contribution >= 4 is 5.91 Å². The highest BCUT2D eigenvalue weighted by molar-refractivity contribution is 5.91. The van der Waals surface area contributed by atoms with Crippen LogP contribution in [-0.2, 0) is 16.6 Å². The predicted octanol–water partition coefficient (Wildman–Crippen LogP) is 2.80. The Morgan fingerprint density at radius 3 is 2.79 bits per heavy atom. The van der Waals surface area contributed by atoms with Crippen LogP contribution in [0.3, 0.4) is 0 Å². The van der Waals surface area contributed by atoms with Crippen molar-refractivity contribution in [3.63, 3.8) is 0 Å². The molecule has 126 valence electrons. The van der Waals surface area contributed by atoms with E-state index in [9.17, 15) is 4.79 Å². The summed E-state index contributed by atoms with van der Waals surface area (Å²) in [6.45, 7) is 3.67. The van der Waals surface area contributed by atoms with E-state index in [-0.39, 0.29) is 11.3 Å². The third-order valence-electron chi connectivity index (χ3n) is 5.44. The Morgan fingerprint density at radius 2 is 2.12 bits per heavy atom. The molecule has 0 spiro atoms. The Bertz CT molecular complexity index is 720. The van der Waals surface area contributed by atoms with Crippen molar-refractivity contribution in [1.82, 2.24) is 20.1 Å². The number of nitrogens with zero attached hydrogens (tertiary/aromatic N) is 3. The van der Waals surface area contributed by atoms with Crippen molar-refractivity contribution in [3.8, 4) is 0 Å². The molecular weight excluding hydrogens is 300 g/mol. The van der Waals surface area contributed by atoms with E-state index in [0.717, 1.165) is 56.8 Å². The maximum Gasteiger partial charge on any atom is 0.233 e. The van der Waals surface area contributed by atoms with Crippen LogP contribution < -0.4 is 0 Å². The Balaban J connectivity index is 1.51. The van der Waals surface area contributed by atoms with Gasteiger partial charge in [-0.2, -0.15) is 5.10 Å². The monoisotopic (exact) mass is 324 g/mol. The molecule has 0 bridgehead atoms. The second-order valence-electron chi connectivity index (χ2n) is 7.03. The molecule has 1 saturated heterocycles. The van der Waals surface area contributed by atoms with Crippen LogP contribution in [0.25, 0.3) is 0 Å². The van der Waals surface area contributed by atoms with E-state index in [0.29, 0.717) is 5.91 Å². The van der Waals surface area contributed by atoms with Crippen LogP contribution in [0.1, 0.15) is 55.7 Å². The molecule has 1 amide bonds. The van der Waals surface area contributed by atoms with Crippen LogP contribution in [0.2, 0.25) is 0 Å². The van der Waals surface area contributed by atoms with Gasteiger partial charge >= 0.3 is 0 Å². The molecule has 2 aliphatic rings. The number of rotatable bonds is 4. The van der Waals surface area contributed by atoms with Crippen molar-refractivity contribution in [3.05, 3.63) is 47.5 Å². The molecule has 1 aliphatic heterocycles. The molecule has 0 radical (unpaired) electrons. The SMILES string of the molecule is CCc1nc([C@H]2CCCN(C(=O)C3(c4ccccc4)CC3)C2)n[nH]1. The number of aromatic nitrogens is 3. The summed E-state index contributed by atoms with van der Waals surface area (Å²) in [6, 6.07) is 10.3. The molecule has 2 fully saturated rings. The molecule has 1 atom stereocenters. The van der Waals surface area contributed by atoms with E-state index in [2.05, 4.69) is 39.1 Å². The van der Waals surface area contributed by atoms with Crippen molar-refractivity contribution in [2.75, 3.05) is 13.1 Å². The van der Waals surface area contributed by atoms with Crippen LogP contribution in [0.15, 0.2) is 30.3 Å². The van der Waals surface area contributed by atoms with Crippen molar-refractivity contribution < 1.29 is 4.79 Å². The molecule has 1 N–H and O–H groups in total. The molecule has 24 heavy (non-hydrogen) atoms. The predicted molar refractivity (Wildman–Crippen MR) is 91.7 cm³/mol. The zero-order valence-electron chi connectivity index (χ0n) is 14.2.